The Bertz CT molecular complexity index is 867. The Balaban J connectivity index is 2.16. The van der Waals surface area contributed by atoms with Crippen molar-refractivity contribution in [3.63, 3.8) is 0 Å². The van der Waals surface area contributed by atoms with Gasteiger partial charge in [0.2, 0.25) is 11.8 Å². The van der Waals surface area contributed by atoms with Crippen LogP contribution in [0.3, 0.4) is 0 Å². The van der Waals surface area contributed by atoms with Gasteiger partial charge in [0.15, 0.2) is 11.5 Å². The molecule has 7 nitrogen and oxygen atoms in total. The molecular weight excluding hydrogens is 372 g/mol. The van der Waals surface area contributed by atoms with Crippen LogP contribution in [0.5, 0.6) is 11.5 Å². The van der Waals surface area contributed by atoms with E-state index in [0.29, 0.717) is 11.5 Å². The first-order valence-electron chi connectivity index (χ1n) is 9.28. The molecule has 0 saturated heterocycles. The van der Waals surface area contributed by atoms with Gasteiger partial charge in [-0.15, -0.1) is 0 Å². The molecule has 2 rings (SSSR count). The summed E-state index contributed by atoms with van der Waals surface area (Å²) >= 11 is 0. The molecule has 0 spiro atoms. The van der Waals surface area contributed by atoms with Gasteiger partial charge in [0.1, 0.15) is 6.04 Å². The number of methoxy groups -OCH3 is 1. The van der Waals surface area contributed by atoms with Gasteiger partial charge in [-0.2, -0.15) is 0 Å². The second-order valence-corrected chi connectivity index (χ2v) is 6.68. The van der Waals surface area contributed by atoms with Crippen molar-refractivity contribution in [2.75, 3.05) is 7.11 Å². The molecule has 1 unspecified atom stereocenters. The average Bonchev–Trinajstić information content (AvgIpc) is 2.68. The molecule has 0 aliphatic heterocycles. The molecule has 0 bridgehead atoms. The summed E-state index contributed by atoms with van der Waals surface area (Å²) in [6.07, 6.45) is 0.254. The van der Waals surface area contributed by atoms with E-state index in [0.717, 1.165) is 11.1 Å². The summed E-state index contributed by atoms with van der Waals surface area (Å²) < 4.78 is 10.4. The lowest BCUT2D eigenvalue weighted by Gasteiger charge is -2.21. The molecule has 0 aliphatic carbocycles. The van der Waals surface area contributed by atoms with Crippen LogP contribution in [-0.4, -0.2) is 30.9 Å². The summed E-state index contributed by atoms with van der Waals surface area (Å²) in [4.78, 5) is 35.6. The maximum Gasteiger partial charge on any atom is 0.308 e. The summed E-state index contributed by atoms with van der Waals surface area (Å²) in [6.45, 7) is 4.55. The molecule has 0 saturated carbocycles. The van der Waals surface area contributed by atoms with Gasteiger partial charge < -0.3 is 20.1 Å². The predicted molar refractivity (Wildman–Crippen MR) is 109 cm³/mol. The molecule has 154 valence electrons. The van der Waals surface area contributed by atoms with Gasteiger partial charge in [0.05, 0.1) is 13.2 Å². The van der Waals surface area contributed by atoms with Crippen LogP contribution in [0, 0.1) is 0 Å². The lowest BCUT2D eigenvalue weighted by Crippen LogP contribution is -2.47. The Labute approximate surface area is 170 Å². The standard InChI is InChI=1S/C22H26N2O5/c1-14(18-8-6-5-7-9-18)23-22(27)19(24-15(2)25)12-17-10-11-20(29-16(3)26)21(13-17)28-4/h5-11,13-14,19H,12H2,1-4H3,(H,23,27)(H,24,25)/t14?,19-/m0/s1. The van der Waals surface area contributed by atoms with Crippen molar-refractivity contribution >= 4 is 17.8 Å². The van der Waals surface area contributed by atoms with Gasteiger partial charge in [-0.05, 0) is 30.2 Å². The van der Waals surface area contributed by atoms with Crippen LogP contribution in [0.1, 0.15) is 37.9 Å². The van der Waals surface area contributed by atoms with Gasteiger partial charge in [-0.3, -0.25) is 14.4 Å². The normalized spacial score (nSPS) is 12.4. The number of carbonyl (C=O) groups excluding carboxylic acids is 3. The molecule has 0 aromatic heterocycles. The molecule has 2 N–H and O–H groups in total. The van der Waals surface area contributed by atoms with E-state index in [1.54, 1.807) is 18.2 Å². The maximum atomic E-state index is 12.8. The number of ether oxygens (including phenoxy) is 2. The fourth-order valence-corrected chi connectivity index (χ4v) is 2.91. The quantitative estimate of drug-likeness (QED) is 0.526. The van der Waals surface area contributed by atoms with Crippen molar-refractivity contribution in [3.05, 3.63) is 59.7 Å². The van der Waals surface area contributed by atoms with Crippen LogP contribution in [0.15, 0.2) is 48.5 Å². The number of amides is 2. The molecule has 0 fully saturated rings. The minimum atomic E-state index is -0.761. The highest BCUT2D eigenvalue weighted by Gasteiger charge is 2.22. The van der Waals surface area contributed by atoms with E-state index in [-0.39, 0.29) is 24.3 Å². The Morgan fingerprint density at radius 1 is 0.966 bits per heavy atom. The molecule has 2 atom stereocenters. The largest absolute Gasteiger partial charge is 0.493 e. The van der Waals surface area contributed by atoms with Crippen molar-refractivity contribution in [2.45, 2.75) is 39.3 Å². The SMILES string of the molecule is COc1cc(C[C@H](NC(C)=O)C(=O)NC(C)c2ccccc2)ccc1OC(C)=O. The Kier molecular flexibility index (Phi) is 7.77. The molecule has 2 amide bonds. The fourth-order valence-electron chi connectivity index (χ4n) is 2.91. The molecule has 0 aliphatic rings. The first kappa shape index (κ1) is 21.9. The molecule has 7 heteroatoms. The highest BCUT2D eigenvalue weighted by atomic mass is 16.6. The number of hydrogen-bond acceptors (Lipinski definition) is 5. The molecule has 0 heterocycles. The van der Waals surface area contributed by atoms with E-state index in [9.17, 15) is 14.4 Å². The fraction of sp³-hybridized carbons (Fsp3) is 0.318. The van der Waals surface area contributed by atoms with Crippen molar-refractivity contribution in [3.8, 4) is 11.5 Å². The lowest BCUT2D eigenvalue weighted by molar-refractivity contribution is -0.132. The van der Waals surface area contributed by atoms with E-state index in [1.807, 2.05) is 37.3 Å². The van der Waals surface area contributed by atoms with Crippen LogP contribution in [-0.2, 0) is 20.8 Å². The van der Waals surface area contributed by atoms with Crippen LogP contribution < -0.4 is 20.1 Å². The monoisotopic (exact) mass is 398 g/mol. The minimum absolute atomic E-state index is 0.208. The van der Waals surface area contributed by atoms with Crippen LogP contribution in [0.4, 0.5) is 0 Å². The van der Waals surface area contributed by atoms with Gasteiger partial charge >= 0.3 is 5.97 Å². The number of nitrogens with one attached hydrogen (secondary N) is 2. The summed E-state index contributed by atoms with van der Waals surface area (Å²) in [6, 6.07) is 13.6. The maximum absolute atomic E-state index is 12.8. The zero-order valence-corrected chi connectivity index (χ0v) is 17.0. The average molecular weight is 398 g/mol. The predicted octanol–water partition coefficient (Wildman–Crippen LogP) is 2.55. The van der Waals surface area contributed by atoms with E-state index in [1.165, 1.54) is 21.0 Å². The van der Waals surface area contributed by atoms with Crippen LogP contribution >= 0.6 is 0 Å². The number of benzene rings is 2. The van der Waals surface area contributed by atoms with Gasteiger partial charge in [-0.25, -0.2) is 0 Å². The summed E-state index contributed by atoms with van der Waals surface area (Å²) in [5.74, 6) is -0.388. The third-order valence-corrected chi connectivity index (χ3v) is 4.27. The molecule has 2 aromatic rings. The van der Waals surface area contributed by atoms with Gasteiger partial charge in [0, 0.05) is 20.3 Å². The first-order chi connectivity index (χ1) is 13.8. The van der Waals surface area contributed by atoms with E-state index >= 15 is 0 Å². The molecular formula is C22H26N2O5. The number of carbonyl (C=O) groups is 3. The highest BCUT2D eigenvalue weighted by Crippen LogP contribution is 2.28. The Morgan fingerprint density at radius 2 is 1.66 bits per heavy atom. The second kappa shape index (κ2) is 10.3. The molecule has 29 heavy (non-hydrogen) atoms. The smallest absolute Gasteiger partial charge is 0.308 e. The van der Waals surface area contributed by atoms with E-state index in [2.05, 4.69) is 10.6 Å². The minimum Gasteiger partial charge on any atom is -0.493 e. The Hall–Kier alpha value is -3.35. The number of rotatable bonds is 8. The summed E-state index contributed by atoms with van der Waals surface area (Å²) in [7, 11) is 1.46. The topological polar surface area (TPSA) is 93.7 Å². The van der Waals surface area contributed by atoms with Crippen LogP contribution in [0.2, 0.25) is 0 Å². The van der Waals surface area contributed by atoms with E-state index in [4.69, 9.17) is 9.47 Å². The Morgan fingerprint density at radius 3 is 2.24 bits per heavy atom. The van der Waals surface area contributed by atoms with Crippen molar-refractivity contribution in [1.29, 1.82) is 0 Å². The lowest BCUT2D eigenvalue weighted by atomic mass is 10.0. The third-order valence-electron chi connectivity index (χ3n) is 4.27. The van der Waals surface area contributed by atoms with E-state index < -0.39 is 12.0 Å². The van der Waals surface area contributed by atoms with Crippen molar-refractivity contribution in [1.82, 2.24) is 10.6 Å². The third kappa shape index (κ3) is 6.64. The highest BCUT2D eigenvalue weighted by molar-refractivity contribution is 5.87. The zero-order valence-electron chi connectivity index (χ0n) is 17.0. The summed E-state index contributed by atoms with van der Waals surface area (Å²) in [5, 5.41) is 5.63. The number of esters is 1. The molecule has 0 radical (unpaired) electrons. The number of hydrogen-bond donors (Lipinski definition) is 2. The van der Waals surface area contributed by atoms with Crippen molar-refractivity contribution in [2.24, 2.45) is 0 Å². The van der Waals surface area contributed by atoms with Crippen LogP contribution in [0.25, 0.3) is 0 Å². The van der Waals surface area contributed by atoms with Crippen molar-refractivity contribution < 1.29 is 23.9 Å². The zero-order chi connectivity index (χ0) is 21.4. The van der Waals surface area contributed by atoms with Gasteiger partial charge in [-0.1, -0.05) is 36.4 Å². The first-order valence-corrected chi connectivity index (χ1v) is 9.28. The molecule has 2 aromatic carbocycles. The van der Waals surface area contributed by atoms with Gasteiger partial charge in [0.25, 0.3) is 0 Å². The second-order valence-electron chi connectivity index (χ2n) is 6.68. The summed E-state index contributed by atoms with van der Waals surface area (Å²) in [5.41, 5.74) is 1.72.